The van der Waals surface area contributed by atoms with Gasteiger partial charge in [-0.3, -0.25) is 0 Å². The molecule has 0 aromatic heterocycles. The largest absolute Gasteiger partial charge is 1.00 e. The Morgan fingerprint density at radius 1 is 0.267 bits per heavy atom. The van der Waals surface area contributed by atoms with Gasteiger partial charge in [-0.05, 0) is 24.3 Å². The molecule has 0 aliphatic rings. The molecule has 6 heteroatoms. The fraction of sp³-hybridized carbons (Fsp3) is 0. The van der Waals surface area contributed by atoms with Gasteiger partial charge in [-0.1, -0.05) is 121 Å². The molecule has 0 saturated heterocycles. The van der Waals surface area contributed by atoms with Gasteiger partial charge >= 0.3 is 0 Å². The minimum Gasteiger partial charge on any atom is -1.00 e. The zero-order valence-electron chi connectivity index (χ0n) is 16.2. The van der Waals surface area contributed by atoms with Gasteiger partial charge in [0.15, 0.2) is 0 Å². The Morgan fingerprint density at radius 2 is 0.400 bits per heavy atom. The van der Waals surface area contributed by atoms with Crippen LogP contribution in [0.5, 0.6) is 0 Å². The maximum absolute atomic E-state index is 2.89. The van der Waals surface area contributed by atoms with Gasteiger partial charge in [0.1, 0.15) is 0 Å². The van der Waals surface area contributed by atoms with Crippen LogP contribution in [0.1, 0.15) is 0 Å². The Balaban J connectivity index is -0.0000000600. The standard InChI is InChI=1S/4C6H5.2BrH.2H2O.2Sb/c4*1-2-4-6-5-3-1;;;;;;/h4*1-5H;2*1H;2*1H2;;/p-2. The molecule has 4 aromatic carbocycles. The molecule has 30 heavy (non-hydrogen) atoms. The fourth-order valence-corrected chi connectivity index (χ4v) is 1.37. The van der Waals surface area contributed by atoms with Crippen LogP contribution in [0, 0.1) is 24.3 Å². The van der Waals surface area contributed by atoms with Crippen LogP contribution >= 0.6 is 0 Å². The van der Waals surface area contributed by atoms with Crippen LogP contribution in [0.4, 0.5) is 0 Å². The Hall–Kier alpha value is -0.604. The van der Waals surface area contributed by atoms with Crippen molar-refractivity contribution in [2.45, 2.75) is 0 Å². The quantitative estimate of drug-likeness (QED) is 0.180. The summed E-state index contributed by atoms with van der Waals surface area (Å²) in [4.78, 5) is 0. The maximum atomic E-state index is 2.89. The zero-order chi connectivity index (χ0) is 17.0. The molecule has 10 radical (unpaired) electrons. The van der Waals surface area contributed by atoms with E-state index in [2.05, 4.69) is 24.3 Å². The number of benzene rings is 4. The molecule has 4 rings (SSSR count). The average molecular weight is 748 g/mol. The second kappa shape index (κ2) is 38.9. The molecule has 0 saturated carbocycles. The summed E-state index contributed by atoms with van der Waals surface area (Å²) in [5.74, 6) is 0. The van der Waals surface area contributed by atoms with Gasteiger partial charge in [-0.2, -0.15) is 0 Å². The van der Waals surface area contributed by atoms with E-state index in [1.165, 1.54) is 0 Å². The monoisotopic (exact) mass is 744 g/mol. The molecule has 0 heterocycles. The summed E-state index contributed by atoms with van der Waals surface area (Å²) in [6.07, 6.45) is 0. The molecular formula is C24H24Br2O2Sb2-2. The van der Waals surface area contributed by atoms with E-state index in [4.69, 9.17) is 0 Å². The summed E-state index contributed by atoms with van der Waals surface area (Å²) in [7, 11) is 0. The van der Waals surface area contributed by atoms with E-state index >= 15 is 0 Å². The molecule has 0 aliphatic carbocycles. The first-order valence-electron chi connectivity index (χ1n) is 7.64. The predicted molar refractivity (Wildman–Crippen MR) is 120 cm³/mol. The van der Waals surface area contributed by atoms with Crippen molar-refractivity contribution >= 4 is 48.9 Å². The second-order valence-electron chi connectivity index (χ2n) is 4.31. The normalized spacial score (nSPS) is 6.40. The molecule has 0 spiro atoms. The van der Waals surface area contributed by atoms with Gasteiger partial charge in [0.05, 0.1) is 0 Å². The van der Waals surface area contributed by atoms with Crippen LogP contribution in [-0.4, -0.2) is 59.8 Å². The molecule has 0 atom stereocenters. The van der Waals surface area contributed by atoms with E-state index in [0.29, 0.717) is 0 Å². The Bertz CT molecular complexity index is 445. The average Bonchev–Trinajstić information content (AvgIpc) is 2.75. The Labute approximate surface area is 237 Å². The van der Waals surface area contributed by atoms with Crippen molar-refractivity contribution in [2.24, 2.45) is 0 Å². The molecule has 0 aliphatic heterocycles. The molecule has 158 valence electrons. The van der Waals surface area contributed by atoms with Crippen molar-refractivity contribution in [1.82, 2.24) is 0 Å². The van der Waals surface area contributed by atoms with Gasteiger partial charge in [-0.15, -0.1) is 0 Å². The van der Waals surface area contributed by atoms with E-state index in [1.807, 2.05) is 121 Å². The van der Waals surface area contributed by atoms with Crippen molar-refractivity contribution in [3.05, 3.63) is 146 Å². The third-order valence-corrected chi connectivity index (χ3v) is 2.43. The molecule has 0 fully saturated rings. The molecule has 0 amide bonds. The van der Waals surface area contributed by atoms with Crippen LogP contribution in [0.3, 0.4) is 0 Å². The predicted octanol–water partition coefficient (Wildman–Crippen LogP) is -2.46. The first-order valence-corrected chi connectivity index (χ1v) is 7.64. The summed E-state index contributed by atoms with van der Waals surface area (Å²) in [5.41, 5.74) is 0. The topological polar surface area (TPSA) is 63.0 Å². The van der Waals surface area contributed by atoms with Gasteiger partial charge < -0.3 is 44.9 Å². The summed E-state index contributed by atoms with van der Waals surface area (Å²) in [6, 6.07) is 50.0. The second-order valence-corrected chi connectivity index (χ2v) is 4.31. The summed E-state index contributed by atoms with van der Waals surface area (Å²) < 4.78 is 0. The number of rotatable bonds is 0. The van der Waals surface area contributed by atoms with Gasteiger partial charge in [-0.25, -0.2) is 0 Å². The molecule has 4 N–H and O–H groups in total. The third-order valence-electron chi connectivity index (χ3n) is 2.43. The zero-order valence-corrected chi connectivity index (χ0v) is 24.5. The van der Waals surface area contributed by atoms with Crippen molar-refractivity contribution in [1.29, 1.82) is 0 Å². The molecule has 2 nitrogen and oxygen atoms in total. The van der Waals surface area contributed by atoms with Gasteiger partial charge in [0, 0.05) is 48.9 Å². The van der Waals surface area contributed by atoms with Crippen molar-refractivity contribution in [2.75, 3.05) is 0 Å². The van der Waals surface area contributed by atoms with E-state index in [9.17, 15) is 0 Å². The van der Waals surface area contributed by atoms with Gasteiger partial charge in [0.25, 0.3) is 0 Å². The van der Waals surface area contributed by atoms with Crippen molar-refractivity contribution < 1.29 is 44.9 Å². The van der Waals surface area contributed by atoms with E-state index in [-0.39, 0.29) is 93.8 Å². The maximum Gasteiger partial charge on any atom is 0 e. The first-order chi connectivity index (χ1) is 12.0. The summed E-state index contributed by atoms with van der Waals surface area (Å²) in [6.45, 7) is 0. The SMILES string of the molecule is O.O.[Br-].[Br-].[Sb].[Sb].[c]1ccccc1.[c]1ccccc1.[c]1ccccc1.[c]1ccccc1. The van der Waals surface area contributed by atoms with Crippen LogP contribution in [-0.2, 0) is 0 Å². The van der Waals surface area contributed by atoms with E-state index in [1.54, 1.807) is 0 Å². The van der Waals surface area contributed by atoms with Crippen LogP contribution in [0.2, 0.25) is 0 Å². The molecule has 0 unspecified atom stereocenters. The van der Waals surface area contributed by atoms with Crippen molar-refractivity contribution in [3.8, 4) is 0 Å². The minimum absolute atomic E-state index is 0. The number of hydrogen-bond donors (Lipinski definition) is 0. The van der Waals surface area contributed by atoms with E-state index in [0.717, 1.165) is 0 Å². The fourth-order valence-electron chi connectivity index (χ4n) is 1.37. The first kappa shape index (κ1) is 43.3. The Kier molecular flexibility index (Phi) is 56.2. The smallest absolute Gasteiger partial charge is 0 e. The Morgan fingerprint density at radius 3 is 0.433 bits per heavy atom. The van der Waals surface area contributed by atoms with Crippen LogP contribution in [0.25, 0.3) is 0 Å². The third kappa shape index (κ3) is 34.9. The molecule has 0 bridgehead atoms. The van der Waals surface area contributed by atoms with E-state index < -0.39 is 0 Å². The minimum atomic E-state index is 0. The molecule has 4 aromatic rings. The number of halogens is 2. The van der Waals surface area contributed by atoms with Crippen molar-refractivity contribution in [3.63, 3.8) is 0 Å². The molecular weight excluding hydrogens is 724 g/mol. The van der Waals surface area contributed by atoms with Crippen LogP contribution < -0.4 is 34.0 Å². The van der Waals surface area contributed by atoms with Gasteiger partial charge in [0.2, 0.25) is 0 Å². The number of hydrogen-bond acceptors (Lipinski definition) is 0. The van der Waals surface area contributed by atoms with Crippen LogP contribution in [0.15, 0.2) is 121 Å². The summed E-state index contributed by atoms with van der Waals surface area (Å²) in [5, 5.41) is 0. The summed E-state index contributed by atoms with van der Waals surface area (Å²) >= 11 is 0.